The van der Waals surface area contributed by atoms with Crippen LogP contribution < -0.4 is 0 Å². The van der Waals surface area contributed by atoms with Crippen LogP contribution >= 0.6 is 22.6 Å². The van der Waals surface area contributed by atoms with E-state index in [0.29, 0.717) is 6.54 Å². The number of Topliss-reactive ketones (excluding diaryl/α,β-unsaturated/α-hetero) is 1. The first-order valence-corrected chi connectivity index (χ1v) is 7.11. The lowest BCUT2D eigenvalue weighted by Gasteiger charge is -2.15. The molecule has 1 aromatic carbocycles. The molecule has 0 amide bonds. The minimum Gasteiger partial charge on any atom is -0.299 e. The van der Waals surface area contributed by atoms with Crippen molar-refractivity contribution in [3.8, 4) is 0 Å². The van der Waals surface area contributed by atoms with Crippen LogP contribution in [0.25, 0.3) is 0 Å². The van der Waals surface area contributed by atoms with Gasteiger partial charge in [-0.05, 0) is 60.0 Å². The molecule has 0 N–H and O–H groups in total. The zero-order chi connectivity index (χ0) is 12.4. The molecular formula is C14H18INO. The van der Waals surface area contributed by atoms with Crippen LogP contribution in [0.5, 0.6) is 0 Å². The van der Waals surface area contributed by atoms with E-state index in [9.17, 15) is 4.79 Å². The number of hydrogen-bond acceptors (Lipinski definition) is 2. The topological polar surface area (TPSA) is 20.3 Å². The van der Waals surface area contributed by atoms with Gasteiger partial charge in [0, 0.05) is 15.7 Å². The van der Waals surface area contributed by atoms with Crippen molar-refractivity contribution >= 4 is 28.4 Å². The SMILES string of the molecule is CC1CC1CN(C)CC(=O)c1ccc(I)cc1. The average molecular weight is 343 g/mol. The van der Waals surface area contributed by atoms with Gasteiger partial charge in [-0.1, -0.05) is 19.1 Å². The molecule has 0 heterocycles. The molecule has 1 fully saturated rings. The van der Waals surface area contributed by atoms with E-state index in [2.05, 4.69) is 34.4 Å². The van der Waals surface area contributed by atoms with Gasteiger partial charge in [-0.15, -0.1) is 0 Å². The minimum absolute atomic E-state index is 0.220. The lowest BCUT2D eigenvalue weighted by molar-refractivity contribution is 0.0943. The van der Waals surface area contributed by atoms with Crippen molar-refractivity contribution in [1.29, 1.82) is 0 Å². The maximum absolute atomic E-state index is 12.0. The Balaban J connectivity index is 1.85. The number of likely N-dealkylation sites (N-methyl/N-ethyl adjacent to an activating group) is 1. The Kier molecular flexibility index (Phi) is 4.20. The maximum atomic E-state index is 12.0. The number of carbonyl (C=O) groups is 1. The Morgan fingerprint density at radius 3 is 2.53 bits per heavy atom. The second-order valence-electron chi connectivity index (χ2n) is 5.10. The molecule has 0 bridgehead atoms. The van der Waals surface area contributed by atoms with E-state index >= 15 is 0 Å². The second-order valence-corrected chi connectivity index (χ2v) is 6.35. The molecule has 1 aromatic rings. The van der Waals surface area contributed by atoms with E-state index in [0.717, 1.165) is 23.9 Å². The van der Waals surface area contributed by atoms with Crippen LogP contribution in [-0.4, -0.2) is 30.8 Å². The van der Waals surface area contributed by atoms with Crippen molar-refractivity contribution < 1.29 is 4.79 Å². The Morgan fingerprint density at radius 2 is 2.00 bits per heavy atom. The minimum atomic E-state index is 0.220. The van der Waals surface area contributed by atoms with Crippen LogP contribution in [0, 0.1) is 15.4 Å². The molecule has 2 unspecified atom stereocenters. The highest BCUT2D eigenvalue weighted by atomic mass is 127. The lowest BCUT2D eigenvalue weighted by Crippen LogP contribution is -2.28. The number of rotatable bonds is 5. The first-order valence-electron chi connectivity index (χ1n) is 6.03. The monoisotopic (exact) mass is 343 g/mol. The third-order valence-electron chi connectivity index (χ3n) is 3.40. The smallest absolute Gasteiger partial charge is 0.176 e. The fourth-order valence-corrected chi connectivity index (χ4v) is 2.45. The summed E-state index contributed by atoms with van der Waals surface area (Å²) in [7, 11) is 2.04. The van der Waals surface area contributed by atoms with Crippen LogP contribution in [0.4, 0.5) is 0 Å². The van der Waals surface area contributed by atoms with E-state index in [-0.39, 0.29) is 5.78 Å². The van der Waals surface area contributed by atoms with Crippen molar-refractivity contribution in [2.45, 2.75) is 13.3 Å². The molecule has 0 aliphatic heterocycles. The van der Waals surface area contributed by atoms with Gasteiger partial charge in [-0.3, -0.25) is 9.69 Å². The lowest BCUT2D eigenvalue weighted by atomic mass is 10.1. The summed E-state index contributed by atoms with van der Waals surface area (Å²) in [6.45, 7) is 3.86. The van der Waals surface area contributed by atoms with E-state index in [1.54, 1.807) is 0 Å². The number of nitrogens with zero attached hydrogens (tertiary/aromatic N) is 1. The predicted octanol–water partition coefficient (Wildman–Crippen LogP) is 3.06. The number of ketones is 1. The van der Waals surface area contributed by atoms with Gasteiger partial charge in [-0.2, -0.15) is 0 Å². The molecule has 2 nitrogen and oxygen atoms in total. The highest BCUT2D eigenvalue weighted by Gasteiger charge is 2.33. The fraction of sp³-hybridized carbons (Fsp3) is 0.500. The summed E-state index contributed by atoms with van der Waals surface area (Å²) in [6.07, 6.45) is 1.32. The summed E-state index contributed by atoms with van der Waals surface area (Å²) in [5, 5.41) is 0. The van der Waals surface area contributed by atoms with Crippen LogP contribution in [0.15, 0.2) is 24.3 Å². The van der Waals surface area contributed by atoms with Gasteiger partial charge in [0.2, 0.25) is 0 Å². The molecule has 0 saturated heterocycles. The van der Waals surface area contributed by atoms with Gasteiger partial charge in [-0.25, -0.2) is 0 Å². The van der Waals surface area contributed by atoms with Gasteiger partial charge >= 0.3 is 0 Å². The molecular weight excluding hydrogens is 325 g/mol. The number of carbonyl (C=O) groups excluding carboxylic acids is 1. The van der Waals surface area contributed by atoms with Crippen molar-refractivity contribution in [2.24, 2.45) is 11.8 Å². The zero-order valence-electron chi connectivity index (χ0n) is 10.3. The number of benzene rings is 1. The van der Waals surface area contributed by atoms with Crippen LogP contribution in [0.3, 0.4) is 0 Å². The van der Waals surface area contributed by atoms with Crippen molar-refractivity contribution in [1.82, 2.24) is 4.90 Å². The Hall–Kier alpha value is -0.420. The van der Waals surface area contributed by atoms with Gasteiger partial charge in [0.15, 0.2) is 5.78 Å². The van der Waals surface area contributed by atoms with Crippen LogP contribution in [-0.2, 0) is 0 Å². The Morgan fingerprint density at radius 1 is 1.41 bits per heavy atom. The van der Waals surface area contributed by atoms with Gasteiger partial charge in [0.25, 0.3) is 0 Å². The summed E-state index contributed by atoms with van der Waals surface area (Å²) < 4.78 is 1.17. The van der Waals surface area contributed by atoms with Crippen molar-refractivity contribution in [3.63, 3.8) is 0 Å². The Bertz CT molecular complexity index is 401. The van der Waals surface area contributed by atoms with E-state index in [1.807, 2.05) is 31.3 Å². The highest BCUT2D eigenvalue weighted by Crippen LogP contribution is 2.37. The summed E-state index contributed by atoms with van der Waals surface area (Å²) in [6, 6.07) is 7.79. The first kappa shape index (κ1) is 13.0. The normalized spacial score (nSPS) is 22.8. The molecule has 0 radical (unpaired) electrons. The molecule has 2 rings (SSSR count). The molecule has 0 spiro atoms. The second kappa shape index (κ2) is 5.48. The third kappa shape index (κ3) is 3.78. The van der Waals surface area contributed by atoms with E-state index in [4.69, 9.17) is 0 Å². The molecule has 1 aliphatic rings. The first-order chi connectivity index (χ1) is 8.06. The van der Waals surface area contributed by atoms with Gasteiger partial charge in [0.05, 0.1) is 6.54 Å². The van der Waals surface area contributed by atoms with Crippen molar-refractivity contribution in [2.75, 3.05) is 20.1 Å². The number of hydrogen-bond donors (Lipinski definition) is 0. The molecule has 1 saturated carbocycles. The third-order valence-corrected chi connectivity index (χ3v) is 4.12. The van der Waals surface area contributed by atoms with Crippen molar-refractivity contribution in [3.05, 3.63) is 33.4 Å². The van der Waals surface area contributed by atoms with E-state index in [1.165, 1.54) is 9.99 Å². The fourth-order valence-electron chi connectivity index (χ4n) is 2.09. The van der Waals surface area contributed by atoms with Gasteiger partial charge in [0.1, 0.15) is 0 Å². The molecule has 2 atom stereocenters. The summed E-state index contributed by atoms with van der Waals surface area (Å²) >= 11 is 2.25. The molecule has 1 aliphatic carbocycles. The Labute approximate surface area is 117 Å². The molecule has 17 heavy (non-hydrogen) atoms. The predicted molar refractivity (Wildman–Crippen MR) is 78.3 cm³/mol. The van der Waals surface area contributed by atoms with E-state index < -0.39 is 0 Å². The molecule has 0 aromatic heterocycles. The summed E-state index contributed by atoms with van der Waals surface area (Å²) in [5.74, 6) is 1.88. The van der Waals surface area contributed by atoms with Crippen LogP contribution in [0.2, 0.25) is 0 Å². The molecule has 92 valence electrons. The zero-order valence-corrected chi connectivity index (χ0v) is 12.5. The number of halogens is 1. The molecule has 3 heteroatoms. The maximum Gasteiger partial charge on any atom is 0.176 e. The average Bonchev–Trinajstić information content (AvgIpc) is 2.94. The summed E-state index contributed by atoms with van der Waals surface area (Å²) in [4.78, 5) is 14.2. The summed E-state index contributed by atoms with van der Waals surface area (Å²) in [5.41, 5.74) is 0.820. The van der Waals surface area contributed by atoms with Crippen LogP contribution in [0.1, 0.15) is 23.7 Å². The largest absolute Gasteiger partial charge is 0.299 e. The quantitative estimate of drug-likeness (QED) is 0.605. The standard InChI is InChI=1S/C14H18INO/c1-10-7-12(10)8-16(2)9-14(17)11-3-5-13(15)6-4-11/h3-6,10,12H,7-9H2,1-2H3. The van der Waals surface area contributed by atoms with Gasteiger partial charge < -0.3 is 0 Å². The highest BCUT2D eigenvalue weighted by molar-refractivity contribution is 14.1.